The summed E-state index contributed by atoms with van der Waals surface area (Å²) < 4.78 is 48.0. The predicted octanol–water partition coefficient (Wildman–Crippen LogP) is 2.98. The molecule has 0 fully saturated rings. The van der Waals surface area contributed by atoms with E-state index in [2.05, 4.69) is 10.6 Å². The van der Waals surface area contributed by atoms with Gasteiger partial charge < -0.3 is 19.8 Å². The van der Waals surface area contributed by atoms with Crippen molar-refractivity contribution >= 4 is 38.2 Å². The molecule has 31 heavy (non-hydrogen) atoms. The maximum absolute atomic E-state index is 13.4. The highest BCUT2D eigenvalue weighted by Gasteiger charge is 2.24. The van der Waals surface area contributed by atoms with Gasteiger partial charge in [-0.15, -0.1) is 0 Å². The van der Waals surface area contributed by atoms with Gasteiger partial charge in [-0.05, 0) is 37.3 Å². The van der Waals surface area contributed by atoms with Crippen molar-refractivity contribution in [2.45, 2.75) is 6.92 Å². The Morgan fingerprint density at radius 1 is 1.16 bits per heavy atom. The molecule has 1 amide bonds. The van der Waals surface area contributed by atoms with Crippen molar-refractivity contribution in [1.82, 2.24) is 5.32 Å². The summed E-state index contributed by atoms with van der Waals surface area (Å²) in [6.45, 7) is 1.11. The van der Waals surface area contributed by atoms with E-state index in [1.54, 1.807) is 0 Å². The van der Waals surface area contributed by atoms with E-state index in [-0.39, 0.29) is 46.6 Å². The first-order valence-electron chi connectivity index (χ1n) is 9.21. The molecule has 0 bridgehead atoms. The zero-order valence-electron chi connectivity index (χ0n) is 17.1. The van der Waals surface area contributed by atoms with Gasteiger partial charge in [0.15, 0.2) is 15.6 Å². The number of carbonyl (C=O) groups excluding carboxylic acids is 2. The third-order valence-electron chi connectivity index (χ3n) is 4.31. The fourth-order valence-electron chi connectivity index (χ4n) is 2.92. The van der Waals surface area contributed by atoms with Crippen LogP contribution in [-0.2, 0) is 14.6 Å². The van der Waals surface area contributed by atoms with Crippen LogP contribution in [0.5, 0.6) is 5.75 Å². The number of hydrogen-bond donors (Lipinski definition) is 2. The van der Waals surface area contributed by atoms with Crippen molar-refractivity contribution in [3.63, 3.8) is 0 Å². The molecule has 8 nitrogen and oxygen atoms in total. The molecule has 0 saturated heterocycles. The van der Waals surface area contributed by atoms with Crippen LogP contribution in [0.25, 0.3) is 22.3 Å². The quantitative estimate of drug-likeness (QED) is 0.544. The summed E-state index contributed by atoms with van der Waals surface area (Å²) in [7, 11) is -1.89. The number of benzene rings is 2. The normalized spacial score (nSPS) is 11.4. The van der Waals surface area contributed by atoms with Crippen LogP contribution in [0, 0.1) is 5.82 Å². The monoisotopic (exact) mass is 448 g/mol. The largest absolute Gasteiger partial charge is 0.484 e. The molecule has 0 radical (unpaired) electrons. The van der Waals surface area contributed by atoms with E-state index in [1.165, 1.54) is 50.4 Å². The summed E-state index contributed by atoms with van der Waals surface area (Å²) in [5.74, 6) is -1.08. The van der Waals surface area contributed by atoms with Gasteiger partial charge in [-0.1, -0.05) is 0 Å². The average Bonchev–Trinajstić information content (AvgIpc) is 3.07. The third-order valence-corrected chi connectivity index (χ3v) is 4.98. The molecule has 0 aliphatic heterocycles. The lowest BCUT2D eigenvalue weighted by atomic mass is 10.0. The minimum absolute atomic E-state index is 0.183. The van der Waals surface area contributed by atoms with Crippen molar-refractivity contribution in [1.29, 1.82) is 0 Å². The smallest absolute Gasteiger partial charge is 0.255 e. The van der Waals surface area contributed by atoms with Crippen molar-refractivity contribution in [3.05, 3.63) is 47.8 Å². The molecule has 0 atom stereocenters. The van der Waals surface area contributed by atoms with Gasteiger partial charge >= 0.3 is 0 Å². The summed E-state index contributed by atoms with van der Waals surface area (Å²) in [5, 5.41) is 5.69. The first kappa shape index (κ1) is 22.3. The summed E-state index contributed by atoms with van der Waals surface area (Å²) in [5.41, 5.74) is 1.24. The maximum Gasteiger partial charge on any atom is 0.255 e. The lowest BCUT2D eigenvalue weighted by molar-refractivity contribution is -0.118. The van der Waals surface area contributed by atoms with E-state index < -0.39 is 21.6 Å². The van der Waals surface area contributed by atoms with Crippen LogP contribution in [0.15, 0.2) is 40.8 Å². The van der Waals surface area contributed by atoms with Crippen molar-refractivity contribution in [2.24, 2.45) is 0 Å². The molecule has 0 aliphatic carbocycles. The molecule has 3 aromatic rings. The number of furan rings is 1. The zero-order chi connectivity index (χ0) is 22.8. The molecular formula is C21H21FN2O6S. The number of ether oxygens (including phenoxy) is 1. The molecule has 0 aliphatic rings. The van der Waals surface area contributed by atoms with Gasteiger partial charge in [0.25, 0.3) is 5.91 Å². The van der Waals surface area contributed by atoms with Crippen molar-refractivity contribution < 1.29 is 31.6 Å². The number of halogens is 1. The Labute approximate surface area is 178 Å². The van der Waals surface area contributed by atoms with Crippen LogP contribution >= 0.6 is 0 Å². The summed E-state index contributed by atoms with van der Waals surface area (Å²) >= 11 is 0. The number of rotatable bonds is 8. The van der Waals surface area contributed by atoms with Crippen LogP contribution in [-0.4, -0.2) is 45.9 Å². The molecule has 10 heteroatoms. The Kier molecular flexibility index (Phi) is 6.30. The van der Waals surface area contributed by atoms with Gasteiger partial charge in [-0.3, -0.25) is 9.59 Å². The Bertz CT molecular complexity index is 1250. The lowest BCUT2D eigenvalue weighted by Gasteiger charge is -2.12. The summed E-state index contributed by atoms with van der Waals surface area (Å²) in [4.78, 5) is 24.0. The highest BCUT2D eigenvalue weighted by atomic mass is 32.2. The molecule has 0 saturated carbocycles. The van der Waals surface area contributed by atoms with E-state index in [4.69, 9.17) is 9.15 Å². The van der Waals surface area contributed by atoms with E-state index >= 15 is 0 Å². The number of sulfone groups is 1. The van der Waals surface area contributed by atoms with Crippen LogP contribution in [0.3, 0.4) is 0 Å². The van der Waals surface area contributed by atoms with Crippen LogP contribution in [0.2, 0.25) is 0 Å². The molecule has 1 heterocycles. The van der Waals surface area contributed by atoms with E-state index in [0.717, 1.165) is 6.26 Å². The van der Waals surface area contributed by atoms with Crippen LogP contribution in [0.4, 0.5) is 10.1 Å². The number of ketones is 1. The Morgan fingerprint density at radius 3 is 2.42 bits per heavy atom. The number of nitrogens with one attached hydrogen (secondary N) is 2. The second kappa shape index (κ2) is 8.76. The molecule has 164 valence electrons. The standard InChI is InChI=1S/C21H21FN2O6S/c1-12(25)10-29-18-8-15-17(9-16(18)24-11-31(3,27)28)30-20(19(15)21(26)23-2)13-4-6-14(22)7-5-13/h4-9,24H,10-11H2,1-3H3,(H,23,26). The second-order valence-electron chi connectivity index (χ2n) is 6.97. The number of hydrogen-bond acceptors (Lipinski definition) is 7. The van der Waals surface area contributed by atoms with Crippen molar-refractivity contribution in [3.8, 4) is 17.1 Å². The van der Waals surface area contributed by atoms with Gasteiger partial charge in [0.1, 0.15) is 35.4 Å². The SMILES string of the molecule is CNC(=O)c1c(-c2ccc(F)cc2)oc2cc(NCS(C)(=O)=O)c(OCC(C)=O)cc12. The maximum atomic E-state index is 13.4. The Morgan fingerprint density at radius 2 is 1.84 bits per heavy atom. The number of amides is 1. The minimum Gasteiger partial charge on any atom is -0.484 e. The lowest BCUT2D eigenvalue weighted by Crippen LogP contribution is -2.18. The topological polar surface area (TPSA) is 115 Å². The molecular weight excluding hydrogens is 427 g/mol. The van der Waals surface area contributed by atoms with Gasteiger partial charge in [0.2, 0.25) is 0 Å². The molecule has 1 aromatic heterocycles. The van der Waals surface area contributed by atoms with Crippen LogP contribution in [0.1, 0.15) is 17.3 Å². The summed E-state index contributed by atoms with van der Waals surface area (Å²) in [6, 6.07) is 8.46. The molecule has 3 rings (SSSR count). The number of fused-ring (bicyclic) bond motifs is 1. The first-order valence-corrected chi connectivity index (χ1v) is 11.3. The van der Waals surface area contributed by atoms with E-state index in [0.29, 0.717) is 10.9 Å². The second-order valence-corrected chi connectivity index (χ2v) is 9.11. The van der Waals surface area contributed by atoms with Crippen LogP contribution < -0.4 is 15.4 Å². The number of Topliss-reactive ketones (excluding diaryl/α,β-unsaturated/α-hetero) is 1. The van der Waals surface area contributed by atoms with Gasteiger partial charge in [-0.2, -0.15) is 0 Å². The van der Waals surface area contributed by atoms with Crippen molar-refractivity contribution in [2.75, 3.05) is 31.1 Å². The van der Waals surface area contributed by atoms with E-state index in [1.807, 2.05) is 0 Å². The Hall–Kier alpha value is -3.40. The molecule has 2 aromatic carbocycles. The predicted molar refractivity (Wildman–Crippen MR) is 115 cm³/mol. The molecule has 0 spiro atoms. The Balaban J connectivity index is 2.21. The molecule has 0 unspecified atom stereocenters. The van der Waals surface area contributed by atoms with Gasteiger partial charge in [0, 0.05) is 30.3 Å². The highest BCUT2D eigenvalue weighted by molar-refractivity contribution is 7.90. The highest BCUT2D eigenvalue weighted by Crippen LogP contribution is 2.39. The number of carbonyl (C=O) groups is 2. The molecule has 2 N–H and O–H groups in total. The van der Waals surface area contributed by atoms with Gasteiger partial charge in [-0.25, -0.2) is 12.8 Å². The summed E-state index contributed by atoms with van der Waals surface area (Å²) in [6.07, 6.45) is 1.07. The fraction of sp³-hybridized carbons (Fsp3) is 0.238. The van der Waals surface area contributed by atoms with E-state index in [9.17, 15) is 22.4 Å². The first-order chi connectivity index (χ1) is 14.6. The minimum atomic E-state index is -3.35. The zero-order valence-corrected chi connectivity index (χ0v) is 17.9. The van der Waals surface area contributed by atoms with Gasteiger partial charge in [0.05, 0.1) is 11.3 Å². The third kappa shape index (κ3) is 5.21. The number of anilines is 1. The fourth-order valence-corrected chi connectivity index (χ4v) is 3.34. The average molecular weight is 448 g/mol.